The number of hydrogen-bond donors (Lipinski definition) is 2. The van der Waals surface area contributed by atoms with Crippen molar-refractivity contribution < 1.29 is 9.53 Å². The molecule has 1 aliphatic carbocycles. The molecule has 0 spiro atoms. The van der Waals surface area contributed by atoms with E-state index in [4.69, 9.17) is 4.74 Å². The van der Waals surface area contributed by atoms with Gasteiger partial charge in [-0.25, -0.2) is 4.79 Å². The van der Waals surface area contributed by atoms with E-state index in [0.717, 1.165) is 44.4 Å². The van der Waals surface area contributed by atoms with Crippen molar-refractivity contribution in [1.29, 1.82) is 0 Å². The summed E-state index contributed by atoms with van der Waals surface area (Å²) in [6.07, 6.45) is 5.50. The molecule has 1 saturated carbocycles. The lowest BCUT2D eigenvalue weighted by Crippen LogP contribution is -2.50. The highest BCUT2D eigenvalue weighted by Gasteiger charge is 2.37. The first kappa shape index (κ1) is 17.9. The van der Waals surface area contributed by atoms with E-state index in [-0.39, 0.29) is 6.09 Å². The van der Waals surface area contributed by atoms with Gasteiger partial charge in [0.25, 0.3) is 0 Å². The van der Waals surface area contributed by atoms with Gasteiger partial charge >= 0.3 is 6.09 Å². The molecule has 2 fully saturated rings. The highest BCUT2D eigenvalue weighted by Crippen LogP contribution is 2.34. The van der Waals surface area contributed by atoms with E-state index in [2.05, 4.69) is 29.5 Å². The van der Waals surface area contributed by atoms with Gasteiger partial charge in [-0.2, -0.15) is 0 Å². The Morgan fingerprint density at radius 3 is 2.57 bits per heavy atom. The van der Waals surface area contributed by atoms with Crippen LogP contribution in [0.1, 0.15) is 52.9 Å². The minimum absolute atomic E-state index is 0.188. The summed E-state index contributed by atoms with van der Waals surface area (Å²) in [7, 11) is 0. The highest BCUT2D eigenvalue weighted by atomic mass is 16.6. The van der Waals surface area contributed by atoms with Gasteiger partial charge < -0.3 is 20.3 Å². The number of rotatable bonds is 6. The van der Waals surface area contributed by atoms with Crippen molar-refractivity contribution in [2.24, 2.45) is 10.9 Å². The van der Waals surface area contributed by atoms with Gasteiger partial charge in [0, 0.05) is 31.7 Å². The van der Waals surface area contributed by atoms with Crippen molar-refractivity contribution in [2.75, 3.05) is 26.2 Å². The third kappa shape index (κ3) is 5.59. The summed E-state index contributed by atoms with van der Waals surface area (Å²) >= 11 is 0. The Hall–Kier alpha value is -1.46. The number of nitrogens with one attached hydrogen (secondary N) is 2. The number of aliphatic imine (C=N–C) groups is 1. The number of amides is 1. The van der Waals surface area contributed by atoms with Crippen molar-refractivity contribution in [3.63, 3.8) is 0 Å². The van der Waals surface area contributed by atoms with Gasteiger partial charge in [0.1, 0.15) is 0 Å². The molecule has 6 nitrogen and oxygen atoms in total. The topological polar surface area (TPSA) is 66.0 Å². The fraction of sp³-hybridized carbons (Fsp3) is 0.882. The summed E-state index contributed by atoms with van der Waals surface area (Å²) in [5, 5.41) is 7.10. The highest BCUT2D eigenvalue weighted by molar-refractivity contribution is 5.80. The monoisotopic (exact) mass is 324 g/mol. The van der Waals surface area contributed by atoms with Crippen molar-refractivity contribution in [2.45, 2.75) is 65.0 Å². The number of piperidine rings is 1. The van der Waals surface area contributed by atoms with Crippen LogP contribution < -0.4 is 10.6 Å². The number of hydrogen-bond acceptors (Lipinski definition) is 3. The molecular formula is C17H32N4O2. The number of carbonyl (C=O) groups is 1. The minimum atomic E-state index is -0.188. The molecule has 2 N–H and O–H groups in total. The van der Waals surface area contributed by atoms with Crippen molar-refractivity contribution >= 4 is 12.1 Å². The average Bonchev–Trinajstić information content (AvgIpc) is 3.26. The molecule has 0 radical (unpaired) electrons. The molecule has 6 heteroatoms. The molecular weight excluding hydrogens is 292 g/mol. The molecule has 2 aliphatic rings. The van der Waals surface area contributed by atoms with Gasteiger partial charge in [-0.3, -0.25) is 4.99 Å². The van der Waals surface area contributed by atoms with Gasteiger partial charge in [0.15, 0.2) is 5.96 Å². The van der Waals surface area contributed by atoms with Gasteiger partial charge in [-0.1, -0.05) is 13.3 Å². The zero-order valence-corrected chi connectivity index (χ0v) is 14.8. The molecule has 23 heavy (non-hydrogen) atoms. The number of carbonyl (C=O) groups excluding carboxylic acids is 1. The molecule has 132 valence electrons. The number of guanidine groups is 1. The second kappa shape index (κ2) is 8.99. The number of likely N-dealkylation sites (tertiary alicyclic amines) is 1. The smallest absolute Gasteiger partial charge is 0.409 e. The molecule has 1 aliphatic heterocycles. The summed E-state index contributed by atoms with van der Waals surface area (Å²) in [6, 6.07) is 0.967. The average molecular weight is 324 g/mol. The lowest BCUT2D eigenvalue weighted by molar-refractivity contribution is 0.0963. The van der Waals surface area contributed by atoms with E-state index in [1.807, 2.05) is 6.92 Å². The Labute approximate surface area is 140 Å². The van der Waals surface area contributed by atoms with Crippen LogP contribution in [0.25, 0.3) is 0 Å². The fourth-order valence-corrected chi connectivity index (χ4v) is 3.20. The predicted molar refractivity (Wildman–Crippen MR) is 92.7 cm³/mol. The van der Waals surface area contributed by atoms with E-state index in [1.54, 1.807) is 4.90 Å². The molecule has 1 heterocycles. The zero-order chi connectivity index (χ0) is 16.7. The summed E-state index contributed by atoms with van der Waals surface area (Å²) in [5.74, 6) is 1.75. The zero-order valence-electron chi connectivity index (χ0n) is 14.8. The molecule has 0 aromatic rings. The van der Waals surface area contributed by atoms with Crippen molar-refractivity contribution in [3.8, 4) is 0 Å². The van der Waals surface area contributed by atoms with E-state index in [0.29, 0.717) is 18.7 Å². The molecule has 0 bridgehead atoms. The predicted octanol–water partition coefficient (Wildman–Crippen LogP) is 2.35. The van der Waals surface area contributed by atoms with Gasteiger partial charge in [-0.05, 0) is 45.4 Å². The Morgan fingerprint density at radius 1 is 1.22 bits per heavy atom. The molecule has 2 rings (SSSR count). The standard InChI is InChI=1S/C17H32N4O2/c1-4-7-13-12-15(13)20-16(18-5-2)19-14-8-10-21(11-9-14)17(22)23-6-3/h13-15H,4-12H2,1-3H3,(H2,18,19,20). The van der Waals surface area contributed by atoms with Crippen LogP contribution >= 0.6 is 0 Å². The lowest BCUT2D eigenvalue weighted by atomic mass is 10.1. The van der Waals surface area contributed by atoms with E-state index >= 15 is 0 Å². The SMILES string of the molecule is CCCC1CC1NC(=NCC)NC1CCN(C(=O)OCC)CC1. The first-order valence-electron chi connectivity index (χ1n) is 9.17. The van der Waals surface area contributed by atoms with Crippen LogP contribution in [0.5, 0.6) is 0 Å². The lowest BCUT2D eigenvalue weighted by Gasteiger charge is -2.32. The summed E-state index contributed by atoms with van der Waals surface area (Å²) in [5.41, 5.74) is 0. The van der Waals surface area contributed by atoms with E-state index < -0.39 is 0 Å². The molecule has 1 amide bonds. The summed E-state index contributed by atoms with van der Waals surface area (Å²) in [4.78, 5) is 18.1. The second-order valence-electron chi connectivity index (χ2n) is 6.46. The maximum atomic E-state index is 11.7. The van der Waals surface area contributed by atoms with E-state index in [9.17, 15) is 4.79 Å². The van der Waals surface area contributed by atoms with Crippen LogP contribution in [0, 0.1) is 5.92 Å². The van der Waals surface area contributed by atoms with Crippen LogP contribution in [0.2, 0.25) is 0 Å². The minimum Gasteiger partial charge on any atom is -0.450 e. The second-order valence-corrected chi connectivity index (χ2v) is 6.46. The largest absolute Gasteiger partial charge is 0.450 e. The van der Waals surface area contributed by atoms with Crippen molar-refractivity contribution in [1.82, 2.24) is 15.5 Å². The molecule has 0 aromatic heterocycles. The number of nitrogens with zero attached hydrogens (tertiary/aromatic N) is 2. The quantitative estimate of drug-likeness (QED) is 0.581. The van der Waals surface area contributed by atoms with Crippen LogP contribution in [0.15, 0.2) is 4.99 Å². The maximum absolute atomic E-state index is 11.7. The third-order valence-corrected chi connectivity index (χ3v) is 4.58. The maximum Gasteiger partial charge on any atom is 0.409 e. The number of ether oxygens (including phenoxy) is 1. The van der Waals surface area contributed by atoms with Crippen LogP contribution in [0.3, 0.4) is 0 Å². The van der Waals surface area contributed by atoms with Crippen LogP contribution in [-0.4, -0.2) is 55.3 Å². The summed E-state index contributed by atoms with van der Waals surface area (Å²) in [6.45, 7) is 8.86. The first-order valence-corrected chi connectivity index (χ1v) is 9.17. The normalized spacial score (nSPS) is 25.2. The third-order valence-electron chi connectivity index (χ3n) is 4.58. The van der Waals surface area contributed by atoms with Gasteiger partial charge in [-0.15, -0.1) is 0 Å². The Kier molecular flexibility index (Phi) is 6.99. The molecule has 0 aromatic carbocycles. The molecule has 2 atom stereocenters. The fourth-order valence-electron chi connectivity index (χ4n) is 3.20. The Morgan fingerprint density at radius 2 is 1.96 bits per heavy atom. The molecule has 1 saturated heterocycles. The Balaban J connectivity index is 1.74. The Bertz CT molecular complexity index is 405. The van der Waals surface area contributed by atoms with Crippen LogP contribution in [0.4, 0.5) is 4.79 Å². The molecule has 2 unspecified atom stereocenters. The van der Waals surface area contributed by atoms with Crippen molar-refractivity contribution in [3.05, 3.63) is 0 Å². The van der Waals surface area contributed by atoms with E-state index in [1.165, 1.54) is 19.3 Å². The van der Waals surface area contributed by atoms with Crippen LogP contribution in [-0.2, 0) is 4.74 Å². The van der Waals surface area contributed by atoms with Gasteiger partial charge in [0.2, 0.25) is 0 Å². The first-order chi connectivity index (χ1) is 11.2. The van der Waals surface area contributed by atoms with Gasteiger partial charge in [0.05, 0.1) is 6.61 Å². The summed E-state index contributed by atoms with van der Waals surface area (Å²) < 4.78 is 5.06.